The van der Waals surface area contributed by atoms with Crippen molar-refractivity contribution in [3.8, 4) is 0 Å². The molecule has 0 saturated heterocycles. The molecule has 0 aliphatic rings. The third-order valence-electron chi connectivity index (χ3n) is 2.16. The third kappa shape index (κ3) is 2.11. The van der Waals surface area contributed by atoms with Crippen molar-refractivity contribution in [3.05, 3.63) is 34.9 Å². The molecule has 0 amide bonds. The van der Waals surface area contributed by atoms with Gasteiger partial charge in [-0.3, -0.25) is 0 Å². The molecule has 0 unspecified atom stereocenters. The first-order valence-electron chi connectivity index (χ1n) is 4.71. The van der Waals surface area contributed by atoms with Crippen LogP contribution < -0.4 is 5.32 Å². The van der Waals surface area contributed by atoms with Crippen LogP contribution >= 0.6 is 15.9 Å². The van der Waals surface area contributed by atoms with E-state index in [9.17, 15) is 0 Å². The zero-order valence-electron chi connectivity index (χ0n) is 8.07. The van der Waals surface area contributed by atoms with Crippen LogP contribution in [0.15, 0.2) is 34.9 Å². The number of aromatic nitrogens is 1. The van der Waals surface area contributed by atoms with Gasteiger partial charge in [0.2, 0.25) is 0 Å². The van der Waals surface area contributed by atoms with E-state index in [1.165, 1.54) is 0 Å². The number of nitrogens with one attached hydrogen (secondary N) is 1. The molecule has 0 spiro atoms. The number of rotatable bonds is 3. The second-order valence-electron chi connectivity index (χ2n) is 3.14. The van der Waals surface area contributed by atoms with Crippen LogP contribution in [0.1, 0.15) is 0 Å². The predicted octanol–water partition coefficient (Wildman–Crippen LogP) is 2.40. The van der Waals surface area contributed by atoms with Crippen LogP contribution in [0.2, 0.25) is 0 Å². The van der Waals surface area contributed by atoms with Gasteiger partial charge >= 0.3 is 0 Å². The lowest BCUT2D eigenvalue weighted by molar-refractivity contribution is 0.311. The molecule has 1 heterocycles. The number of benzene rings is 1. The molecule has 1 aromatic carbocycles. The summed E-state index contributed by atoms with van der Waals surface area (Å²) < 4.78 is 1.05. The topological polar surface area (TPSA) is 45.1 Å². The Kier molecular flexibility index (Phi) is 3.18. The van der Waals surface area contributed by atoms with Gasteiger partial charge in [0.1, 0.15) is 5.82 Å². The maximum atomic E-state index is 8.75. The number of pyridine rings is 1. The Hall–Kier alpha value is -1.13. The number of hydrogen-bond acceptors (Lipinski definition) is 3. The number of aliphatic hydroxyl groups is 1. The van der Waals surface area contributed by atoms with Crippen molar-refractivity contribution in [3.63, 3.8) is 0 Å². The van der Waals surface area contributed by atoms with Crippen LogP contribution in [-0.2, 0) is 0 Å². The fraction of sp³-hybridized carbons (Fsp3) is 0.182. The summed E-state index contributed by atoms with van der Waals surface area (Å²) in [7, 11) is 0. The van der Waals surface area contributed by atoms with Crippen LogP contribution in [0.3, 0.4) is 0 Å². The Labute approximate surface area is 96.3 Å². The standard InChI is InChI=1S/C11H11BrN2O/c12-10-3-1-2-9-8(10)4-5-13-11(9)14-6-7-15/h1-5,15H,6-7H2,(H,13,14). The molecule has 0 bridgehead atoms. The highest BCUT2D eigenvalue weighted by Gasteiger charge is 2.03. The van der Waals surface area contributed by atoms with E-state index in [1.807, 2.05) is 24.3 Å². The van der Waals surface area contributed by atoms with Crippen LogP contribution in [0.5, 0.6) is 0 Å². The minimum atomic E-state index is 0.103. The summed E-state index contributed by atoms with van der Waals surface area (Å²) in [4.78, 5) is 4.24. The normalized spacial score (nSPS) is 10.5. The summed E-state index contributed by atoms with van der Waals surface area (Å²) in [6.07, 6.45) is 1.76. The molecular weight excluding hydrogens is 256 g/mol. The van der Waals surface area contributed by atoms with E-state index in [0.717, 1.165) is 21.1 Å². The summed E-state index contributed by atoms with van der Waals surface area (Å²) in [6, 6.07) is 7.94. The Morgan fingerprint density at radius 1 is 1.27 bits per heavy atom. The average molecular weight is 267 g/mol. The van der Waals surface area contributed by atoms with Crippen molar-refractivity contribution in [1.29, 1.82) is 0 Å². The SMILES string of the molecule is OCCNc1nccc2c(Br)cccc12. The largest absolute Gasteiger partial charge is 0.395 e. The molecule has 0 fully saturated rings. The van der Waals surface area contributed by atoms with Gasteiger partial charge in [-0.1, -0.05) is 28.1 Å². The Bertz CT molecular complexity index is 473. The van der Waals surface area contributed by atoms with Gasteiger partial charge in [-0.15, -0.1) is 0 Å². The Balaban J connectivity index is 2.51. The fourth-order valence-electron chi connectivity index (χ4n) is 1.48. The number of aliphatic hydroxyl groups excluding tert-OH is 1. The monoisotopic (exact) mass is 266 g/mol. The maximum Gasteiger partial charge on any atom is 0.133 e. The van der Waals surface area contributed by atoms with Crippen molar-refractivity contribution in [2.24, 2.45) is 0 Å². The second-order valence-corrected chi connectivity index (χ2v) is 4.00. The Morgan fingerprint density at radius 2 is 2.13 bits per heavy atom. The molecule has 78 valence electrons. The zero-order chi connectivity index (χ0) is 10.7. The predicted molar refractivity (Wildman–Crippen MR) is 65.0 cm³/mol. The first-order chi connectivity index (χ1) is 7.33. The van der Waals surface area contributed by atoms with Gasteiger partial charge in [-0.05, 0) is 12.1 Å². The highest BCUT2D eigenvalue weighted by atomic mass is 79.9. The molecule has 0 saturated carbocycles. The van der Waals surface area contributed by atoms with Crippen LogP contribution in [-0.4, -0.2) is 23.2 Å². The van der Waals surface area contributed by atoms with Gasteiger partial charge in [0.25, 0.3) is 0 Å². The lowest BCUT2D eigenvalue weighted by atomic mass is 10.1. The molecule has 1 aromatic heterocycles. The minimum Gasteiger partial charge on any atom is -0.395 e. The smallest absolute Gasteiger partial charge is 0.133 e. The van der Waals surface area contributed by atoms with Crippen molar-refractivity contribution in [2.75, 3.05) is 18.5 Å². The van der Waals surface area contributed by atoms with E-state index in [2.05, 4.69) is 26.2 Å². The van der Waals surface area contributed by atoms with E-state index in [-0.39, 0.29) is 6.61 Å². The van der Waals surface area contributed by atoms with E-state index < -0.39 is 0 Å². The van der Waals surface area contributed by atoms with Gasteiger partial charge in [0.05, 0.1) is 6.61 Å². The first kappa shape index (κ1) is 10.4. The molecule has 2 rings (SSSR count). The van der Waals surface area contributed by atoms with Gasteiger partial charge in [0, 0.05) is 28.0 Å². The summed E-state index contributed by atoms with van der Waals surface area (Å²) in [5, 5.41) is 14.0. The number of fused-ring (bicyclic) bond motifs is 1. The number of nitrogens with zero attached hydrogens (tertiary/aromatic N) is 1. The molecule has 0 radical (unpaired) electrons. The number of halogens is 1. The van der Waals surface area contributed by atoms with Gasteiger partial charge in [0.15, 0.2) is 0 Å². The average Bonchev–Trinajstić information content (AvgIpc) is 2.27. The van der Waals surface area contributed by atoms with E-state index in [0.29, 0.717) is 6.54 Å². The molecule has 3 nitrogen and oxygen atoms in total. The van der Waals surface area contributed by atoms with Gasteiger partial charge in [-0.2, -0.15) is 0 Å². The summed E-state index contributed by atoms with van der Waals surface area (Å²) in [6.45, 7) is 0.616. The first-order valence-corrected chi connectivity index (χ1v) is 5.50. The molecule has 15 heavy (non-hydrogen) atoms. The molecule has 2 aromatic rings. The Morgan fingerprint density at radius 3 is 2.93 bits per heavy atom. The van der Waals surface area contributed by atoms with Crippen LogP contribution in [0.4, 0.5) is 5.82 Å². The van der Waals surface area contributed by atoms with E-state index in [1.54, 1.807) is 6.20 Å². The van der Waals surface area contributed by atoms with E-state index in [4.69, 9.17) is 5.11 Å². The van der Waals surface area contributed by atoms with Gasteiger partial charge in [-0.25, -0.2) is 4.98 Å². The van der Waals surface area contributed by atoms with Crippen molar-refractivity contribution in [1.82, 2.24) is 4.98 Å². The number of hydrogen-bond donors (Lipinski definition) is 2. The summed E-state index contributed by atoms with van der Waals surface area (Å²) in [5.41, 5.74) is 0. The molecule has 2 N–H and O–H groups in total. The molecule has 0 aliphatic heterocycles. The van der Waals surface area contributed by atoms with Crippen LogP contribution in [0, 0.1) is 0 Å². The minimum absolute atomic E-state index is 0.103. The molecule has 4 heteroatoms. The molecule has 0 atom stereocenters. The third-order valence-corrected chi connectivity index (χ3v) is 2.85. The van der Waals surface area contributed by atoms with Crippen molar-refractivity contribution >= 4 is 32.5 Å². The highest BCUT2D eigenvalue weighted by Crippen LogP contribution is 2.27. The lowest BCUT2D eigenvalue weighted by Crippen LogP contribution is -2.07. The molecular formula is C11H11BrN2O. The quantitative estimate of drug-likeness (QED) is 0.897. The van der Waals surface area contributed by atoms with Crippen molar-refractivity contribution in [2.45, 2.75) is 0 Å². The van der Waals surface area contributed by atoms with Crippen LogP contribution in [0.25, 0.3) is 10.8 Å². The molecule has 0 aliphatic carbocycles. The van der Waals surface area contributed by atoms with Gasteiger partial charge < -0.3 is 10.4 Å². The highest BCUT2D eigenvalue weighted by molar-refractivity contribution is 9.10. The van der Waals surface area contributed by atoms with Crippen molar-refractivity contribution < 1.29 is 5.11 Å². The fourth-order valence-corrected chi connectivity index (χ4v) is 1.98. The summed E-state index contributed by atoms with van der Waals surface area (Å²) >= 11 is 3.49. The zero-order valence-corrected chi connectivity index (χ0v) is 9.66. The lowest BCUT2D eigenvalue weighted by Gasteiger charge is -2.07. The maximum absolute atomic E-state index is 8.75. The van der Waals surface area contributed by atoms with E-state index >= 15 is 0 Å². The number of anilines is 1. The second kappa shape index (κ2) is 4.59. The summed E-state index contributed by atoms with van der Waals surface area (Å²) in [5.74, 6) is 0.808.